The van der Waals surface area contributed by atoms with Gasteiger partial charge in [-0.3, -0.25) is 0 Å². The summed E-state index contributed by atoms with van der Waals surface area (Å²) in [6.45, 7) is 0. The summed E-state index contributed by atoms with van der Waals surface area (Å²) in [5.41, 5.74) is 14.5. The number of rotatable bonds is 12. The van der Waals surface area contributed by atoms with Crippen molar-refractivity contribution in [2.24, 2.45) is 0 Å². The molecule has 0 amide bonds. The van der Waals surface area contributed by atoms with Crippen LogP contribution in [-0.4, -0.2) is 0 Å². The minimum absolute atomic E-state index is 0.547. The largest absolute Gasteiger partial charge is 0.311 e. The van der Waals surface area contributed by atoms with E-state index in [0.29, 0.717) is 11.1 Å². The standard InChI is InChI=1S/C60H42N4/c61-43-51(45-19-7-1-8-20-45)39-49-41-60(48-33-37-58(38-34-48)64(55-27-15-5-16-28-55)56-29-17-6-18-30-56)50(40-52(44-62)46-21-9-2-10-22-46)42-59(49)47-31-35-57(36-32-47)63(53-23-11-3-12-24-53)54-25-13-4-14-26-54/h1-42H/b51-39-,52-40-. The third-order valence-corrected chi connectivity index (χ3v) is 11.2. The van der Waals surface area contributed by atoms with Gasteiger partial charge in [-0.1, -0.05) is 158 Å². The van der Waals surface area contributed by atoms with Gasteiger partial charge in [0.1, 0.15) is 0 Å². The minimum Gasteiger partial charge on any atom is -0.311 e. The van der Waals surface area contributed by atoms with Crippen LogP contribution in [0.5, 0.6) is 0 Å². The molecule has 9 aromatic rings. The first kappa shape index (κ1) is 40.4. The SMILES string of the molecule is N#C/C(=C/c1cc(-c2ccc(N(c3ccccc3)c3ccccc3)cc2)c(/C=C(/C#N)c2ccccc2)cc1-c1ccc(N(c2ccccc2)c2ccccc2)cc1)c1ccccc1. The normalized spacial score (nSPS) is 11.3. The molecular weight excluding hydrogens is 777 g/mol. The van der Waals surface area contributed by atoms with Gasteiger partial charge in [0.15, 0.2) is 0 Å². The molecule has 64 heavy (non-hydrogen) atoms. The van der Waals surface area contributed by atoms with Gasteiger partial charge in [-0.2, -0.15) is 10.5 Å². The molecule has 0 saturated carbocycles. The highest BCUT2D eigenvalue weighted by Gasteiger charge is 2.18. The number of anilines is 6. The molecular formula is C60H42N4. The molecule has 0 aliphatic rings. The van der Waals surface area contributed by atoms with Gasteiger partial charge in [0, 0.05) is 34.1 Å². The van der Waals surface area contributed by atoms with Crippen molar-refractivity contribution in [2.75, 3.05) is 9.80 Å². The van der Waals surface area contributed by atoms with E-state index in [1.165, 1.54) is 0 Å². The van der Waals surface area contributed by atoms with E-state index in [9.17, 15) is 10.5 Å². The van der Waals surface area contributed by atoms with Gasteiger partial charge in [-0.25, -0.2) is 0 Å². The van der Waals surface area contributed by atoms with Crippen molar-refractivity contribution in [3.05, 3.63) is 265 Å². The van der Waals surface area contributed by atoms with Crippen LogP contribution in [0.1, 0.15) is 22.3 Å². The maximum Gasteiger partial charge on any atom is 0.0998 e. The molecule has 0 aromatic heterocycles. The monoisotopic (exact) mass is 818 g/mol. The number of benzene rings is 9. The molecule has 302 valence electrons. The minimum atomic E-state index is 0.547. The number of hydrogen-bond donors (Lipinski definition) is 0. The van der Waals surface area contributed by atoms with Crippen molar-refractivity contribution < 1.29 is 0 Å². The van der Waals surface area contributed by atoms with E-state index in [-0.39, 0.29) is 0 Å². The molecule has 0 unspecified atom stereocenters. The fourth-order valence-corrected chi connectivity index (χ4v) is 8.06. The van der Waals surface area contributed by atoms with Crippen LogP contribution in [0.3, 0.4) is 0 Å². The topological polar surface area (TPSA) is 54.1 Å². The number of hydrogen-bond acceptors (Lipinski definition) is 4. The number of nitrogens with zero attached hydrogens (tertiary/aromatic N) is 4. The summed E-state index contributed by atoms with van der Waals surface area (Å²) >= 11 is 0. The van der Waals surface area contributed by atoms with Gasteiger partial charge in [0.2, 0.25) is 0 Å². The van der Waals surface area contributed by atoms with Crippen LogP contribution < -0.4 is 9.80 Å². The van der Waals surface area contributed by atoms with E-state index < -0.39 is 0 Å². The Balaban J connectivity index is 1.23. The molecule has 0 atom stereocenters. The van der Waals surface area contributed by atoms with Crippen LogP contribution in [0.25, 0.3) is 45.6 Å². The first-order chi connectivity index (χ1) is 31.7. The molecule has 9 rings (SSSR count). The molecule has 0 spiro atoms. The third-order valence-electron chi connectivity index (χ3n) is 11.2. The second kappa shape index (κ2) is 19.2. The summed E-state index contributed by atoms with van der Waals surface area (Å²) < 4.78 is 0. The summed E-state index contributed by atoms with van der Waals surface area (Å²) in [5, 5.41) is 21.3. The van der Waals surface area contributed by atoms with Gasteiger partial charge in [-0.05, 0) is 142 Å². The molecule has 0 bridgehead atoms. The van der Waals surface area contributed by atoms with E-state index in [1.807, 2.05) is 97.1 Å². The Morgan fingerprint density at radius 3 is 0.828 bits per heavy atom. The van der Waals surface area contributed by atoms with E-state index in [4.69, 9.17) is 0 Å². The molecule has 0 radical (unpaired) electrons. The fraction of sp³-hybridized carbons (Fsp3) is 0. The molecule has 0 fully saturated rings. The highest BCUT2D eigenvalue weighted by molar-refractivity contribution is 5.99. The van der Waals surface area contributed by atoms with Crippen molar-refractivity contribution in [1.29, 1.82) is 10.5 Å². The molecule has 9 aromatic carbocycles. The first-order valence-electron chi connectivity index (χ1n) is 21.2. The van der Waals surface area contributed by atoms with Gasteiger partial charge < -0.3 is 9.80 Å². The van der Waals surface area contributed by atoms with Crippen LogP contribution in [0, 0.1) is 22.7 Å². The molecule has 0 aliphatic carbocycles. The number of allylic oxidation sites excluding steroid dienone is 2. The molecule has 4 heteroatoms. The van der Waals surface area contributed by atoms with Crippen LogP contribution >= 0.6 is 0 Å². The van der Waals surface area contributed by atoms with E-state index in [0.717, 1.165) is 78.6 Å². The highest BCUT2D eigenvalue weighted by atomic mass is 15.1. The summed E-state index contributed by atoms with van der Waals surface area (Å²) in [6.07, 6.45) is 3.97. The zero-order chi connectivity index (χ0) is 43.5. The number of nitriles is 2. The Kier molecular flexibility index (Phi) is 12.1. The Morgan fingerprint density at radius 2 is 0.562 bits per heavy atom. The van der Waals surface area contributed by atoms with Gasteiger partial charge >= 0.3 is 0 Å². The van der Waals surface area contributed by atoms with Gasteiger partial charge in [0.25, 0.3) is 0 Å². The van der Waals surface area contributed by atoms with E-state index >= 15 is 0 Å². The maximum atomic E-state index is 10.6. The zero-order valence-electron chi connectivity index (χ0n) is 35.0. The van der Waals surface area contributed by atoms with Gasteiger partial charge in [-0.15, -0.1) is 0 Å². The quantitative estimate of drug-likeness (QED) is 0.0910. The second-order valence-electron chi connectivity index (χ2n) is 15.2. The molecule has 0 N–H and O–H groups in total. The van der Waals surface area contributed by atoms with Crippen molar-refractivity contribution in [1.82, 2.24) is 0 Å². The first-order valence-corrected chi connectivity index (χ1v) is 21.2. The summed E-state index contributed by atoms with van der Waals surface area (Å²) in [7, 11) is 0. The Bertz CT molecular complexity index is 2820. The van der Waals surface area contributed by atoms with Crippen molar-refractivity contribution in [2.45, 2.75) is 0 Å². The molecule has 0 saturated heterocycles. The van der Waals surface area contributed by atoms with E-state index in [1.54, 1.807) is 0 Å². The Hall–Kier alpha value is -8.96. The Labute approximate surface area is 375 Å². The molecule has 0 heterocycles. The van der Waals surface area contributed by atoms with Crippen LogP contribution in [0.2, 0.25) is 0 Å². The van der Waals surface area contributed by atoms with Crippen molar-refractivity contribution in [3.63, 3.8) is 0 Å². The van der Waals surface area contributed by atoms with E-state index in [2.05, 4.69) is 180 Å². The molecule has 4 nitrogen and oxygen atoms in total. The van der Waals surface area contributed by atoms with Crippen LogP contribution in [-0.2, 0) is 0 Å². The smallest absolute Gasteiger partial charge is 0.0998 e. The Morgan fingerprint density at radius 1 is 0.312 bits per heavy atom. The maximum absolute atomic E-state index is 10.6. The lowest BCUT2D eigenvalue weighted by Gasteiger charge is -2.26. The average Bonchev–Trinajstić information content (AvgIpc) is 3.37. The average molecular weight is 819 g/mol. The lowest BCUT2D eigenvalue weighted by molar-refractivity contribution is 1.28. The summed E-state index contributed by atoms with van der Waals surface area (Å²) in [5.74, 6) is 0. The number of para-hydroxylation sites is 4. The summed E-state index contributed by atoms with van der Waals surface area (Å²) in [4.78, 5) is 4.48. The van der Waals surface area contributed by atoms with Crippen molar-refractivity contribution >= 4 is 57.4 Å². The fourth-order valence-electron chi connectivity index (χ4n) is 8.06. The zero-order valence-corrected chi connectivity index (χ0v) is 35.0. The van der Waals surface area contributed by atoms with Crippen LogP contribution in [0.15, 0.2) is 243 Å². The lowest BCUT2D eigenvalue weighted by Crippen LogP contribution is -2.09. The third kappa shape index (κ3) is 8.90. The molecule has 0 aliphatic heterocycles. The van der Waals surface area contributed by atoms with Crippen molar-refractivity contribution in [3.8, 4) is 34.4 Å². The predicted octanol–water partition coefficient (Wildman–Crippen LogP) is 16.1. The van der Waals surface area contributed by atoms with Crippen LogP contribution in [0.4, 0.5) is 34.1 Å². The van der Waals surface area contributed by atoms with Gasteiger partial charge in [0.05, 0.1) is 23.3 Å². The predicted molar refractivity (Wildman–Crippen MR) is 267 cm³/mol. The second-order valence-corrected chi connectivity index (χ2v) is 15.2. The highest BCUT2D eigenvalue weighted by Crippen LogP contribution is 2.41. The lowest BCUT2D eigenvalue weighted by atomic mass is 9.88. The summed E-state index contributed by atoms with van der Waals surface area (Å²) in [6, 6.07) is 87.4.